The summed E-state index contributed by atoms with van der Waals surface area (Å²) in [6.45, 7) is 7.08. The van der Waals surface area contributed by atoms with Crippen LogP contribution in [0.2, 0.25) is 0 Å². The molecule has 1 aromatic carbocycles. The Labute approximate surface area is 92.8 Å². The molecule has 0 bridgehead atoms. The van der Waals surface area contributed by atoms with Crippen molar-refractivity contribution in [2.24, 2.45) is 0 Å². The lowest BCUT2D eigenvalue weighted by Gasteiger charge is -2.09. The first-order chi connectivity index (χ1) is 7.27. The van der Waals surface area contributed by atoms with Gasteiger partial charge in [-0.15, -0.1) is 0 Å². The van der Waals surface area contributed by atoms with Crippen molar-refractivity contribution >= 4 is 0 Å². The largest absolute Gasteiger partial charge is 0.497 e. The smallest absolute Gasteiger partial charge is 0.112 e. The van der Waals surface area contributed by atoms with Gasteiger partial charge in [0.05, 0.1) is 6.26 Å². The van der Waals surface area contributed by atoms with Crippen molar-refractivity contribution in [3.05, 3.63) is 47.7 Å². The summed E-state index contributed by atoms with van der Waals surface area (Å²) in [7, 11) is 0. The molecule has 0 spiro atoms. The fourth-order valence-corrected chi connectivity index (χ4v) is 1.42. The molecule has 0 aliphatic carbocycles. The fourth-order valence-electron chi connectivity index (χ4n) is 1.42. The van der Waals surface area contributed by atoms with Crippen LogP contribution in [0.4, 0.5) is 0 Å². The monoisotopic (exact) mass is 204 g/mol. The second kappa shape index (κ2) is 6.28. The van der Waals surface area contributed by atoms with Gasteiger partial charge in [0.1, 0.15) is 6.61 Å². The zero-order chi connectivity index (χ0) is 11.1. The Morgan fingerprint density at radius 2 is 1.93 bits per heavy atom. The van der Waals surface area contributed by atoms with E-state index in [2.05, 4.69) is 38.1 Å². The summed E-state index contributed by atoms with van der Waals surface area (Å²) >= 11 is 0. The van der Waals surface area contributed by atoms with Crippen LogP contribution in [0.5, 0.6) is 0 Å². The zero-order valence-electron chi connectivity index (χ0n) is 9.86. The summed E-state index contributed by atoms with van der Waals surface area (Å²) < 4.78 is 5.31. The number of benzene rings is 1. The fraction of sp³-hybridized carbons (Fsp3) is 0.429. The molecule has 1 aromatic rings. The maximum Gasteiger partial charge on any atom is 0.112 e. The second-order valence-electron chi connectivity index (χ2n) is 3.83. The Kier molecular flexibility index (Phi) is 4.96. The molecule has 0 fully saturated rings. The van der Waals surface area contributed by atoms with Crippen molar-refractivity contribution in [3.63, 3.8) is 0 Å². The quantitative estimate of drug-likeness (QED) is 0.651. The molecule has 0 aromatic heterocycles. The molecule has 0 saturated heterocycles. The number of hydrogen-bond donors (Lipinski definition) is 0. The van der Waals surface area contributed by atoms with E-state index in [9.17, 15) is 0 Å². The number of allylic oxidation sites excluding steroid dienone is 1. The molecule has 0 saturated carbocycles. The second-order valence-corrected chi connectivity index (χ2v) is 3.83. The molecule has 1 rings (SSSR count). The number of hydrogen-bond acceptors (Lipinski definition) is 1. The van der Waals surface area contributed by atoms with E-state index in [0.29, 0.717) is 12.5 Å². The number of ether oxygens (including phenoxy) is 1. The predicted molar refractivity (Wildman–Crippen MR) is 64.8 cm³/mol. The van der Waals surface area contributed by atoms with Gasteiger partial charge < -0.3 is 4.74 Å². The van der Waals surface area contributed by atoms with Gasteiger partial charge in [-0.25, -0.2) is 0 Å². The summed E-state index contributed by atoms with van der Waals surface area (Å²) in [6.07, 6.45) is 4.81. The van der Waals surface area contributed by atoms with Crippen molar-refractivity contribution in [2.75, 3.05) is 0 Å². The van der Waals surface area contributed by atoms with Crippen LogP contribution in [0.1, 0.15) is 44.2 Å². The topological polar surface area (TPSA) is 9.23 Å². The Morgan fingerprint density at radius 3 is 2.47 bits per heavy atom. The van der Waals surface area contributed by atoms with Gasteiger partial charge in [0.15, 0.2) is 0 Å². The molecule has 0 N–H and O–H groups in total. The third kappa shape index (κ3) is 3.78. The minimum atomic E-state index is 0.649. The Hall–Kier alpha value is -1.24. The van der Waals surface area contributed by atoms with E-state index in [1.807, 2.05) is 13.0 Å². The zero-order valence-corrected chi connectivity index (χ0v) is 9.86. The van der Waals surface area contributed by atoms with E-state index in [0.717, 1.165) is 0 Å². The van der Waals surface area contributed by atoms with Crippen molar-refractivity contribution in [1.29, 1.82) is 0 Å². The number of rotatable bonds is 5. The Bertz CT molecular complexity index is 298. The minimum Gasteiger partial charge on any atom is -0.497 e. The highest BCUT2D eigenvalue weighted by molar-refractivity contribution is 5.24. The van der Waals surface area contributed by atoms with Crippen LogP contribution in [0.3, 0.4) is 0 Å². The summed E-state index contributed by atoms with van der Waals surface area (Å²) in [4.78, 5) is 0. The van der Waals surface area contributed by atoms with Crippen LogP contribution >= 0.6 is 0 Å². The molecule has 0 heterocycles. The lowest BCUT2D eigenvalue weighted by molar-refractivity contribution is 0.236. The molecule has 0 radical (unpaired) electrons. The van der Waals surface area contributed by atoms with E-state index in [1.165, 1.54) is 17.5 Å². The first-order valence-corrected chi connectivity index (χ1v) is 5.59. The van der Waals surface area contributed by atoms with Gasteiger partial charge in [-0.05, 0) is 30.4 Å². The highest BCUT2D eigenvalue weighted by Gasteiger charge is 2.01. The van der Waals surface area contributed by atoms with Crippen LogP contribution in [0.25, 0.3) is 0 Å². The molecule has 1 nitrogen and oxygen atoms in total. The summed E-state index contributed by atoms with van der Waals surface area (Å²) in [5, 5.41) is 0. The highest BCUT2D eigenvalue weighted by atomic mass is 16.5. The van der Waals surface area contributed by atoms with Gasteiger partial charge in [0, 0.05) is 0 Å². The van der Waals surface area contributed by atoms with Crippen molar-refractivity contribution in [2.45, 2.75) is 39.7 Å². The van der Waals surface area contributed by atoms with Gasteiger partial charge in [0.2, 0.25) is 0 Å². The standard InChI is InChI=1S/C14H20O/c1-4-10-15-11-13-6-8-14(9-7-13)12(3)5-2/h4,6-10,12H,5,11H2,1-3H3/b10-4+. The van der Waals surface area contributed by atoms with E-state index in [4.69, 9.17) is 4.74 Å². The average Bonchev–Trinajstić information content (AvgIpc) is 2.29. The molecule has 82 valence electrons. The van der Waals surface area contributed by atoms with Crippen molar-refractivity contribution in [1.82, 2.24) is 0 Å². The Morgan fingerprint density at radius 1 is 1.27 bits per heavy atom. The van der Waals surface area contributed by atoms with E-state index >= 15 is 0 Å². The SMILES string of the molecule is C/C=C/OCc1ccc(C(C)CC)cc1. The minimum absolute atomic E-state index is 0.649. The Balaban J connectivity index is 2.56. The molecule has 1 heteroatoms. The van der Waals surface area contributed by atoms with E-state index < -0.39 is 0 Å². The van der Waals surface area contributed by atoms with Gasteiger partial charge >= 0.3 is 0 Å². The third-order valence-corrected chi connectivity index (χ3v) is 2.64. The molecule has 0 amide bonds. The van der Waals surface area contributed by atoms with Crippen LogP contribution in [0.15, 0.2) is 36.6 Å². The third-order valence-electron chi connectivity index (χ3n) is 2.64. The van der Waals surface area contributed by atoms with Crippen molar-refractivity contribution < 1.29 is 4.74 Å². The maximum atomic E-state index is 5.31. The van der Waals surface area contributed by atoms with Gasteiger partial charge in [-0.1, -0.05) is 44.2 Å². The molecule has 0 aliphatic heterocycles. The molecule has 1 atom stereocenters. The average molecular weight is 204 g/mol. The molecular weight excluding hydrogens is 184 g/mol. The normalized spacial score (nSPS) is 13.0. The first kappa shape index (κ1) is 11.8. The lowest BCUT2D eigenvalue weighted by atomic mass is 9.98. The van der Waals surface area contributed by atoms with Gasteiger partial charge in [-0.2, -0.15) is 0 Å². The van der Waals surface area contributed by atoms with E-state index in [1.54, 1.807) is 6.26 Å². The maximum absolute atomic E-state index is 5.31. The molecule has 15 heavy (non-hydrogen) atoms. The summed E-state index contributed by atoms with van der Waals surface area (Å²) in [6, 6.07) is 8.68. The van der Waals surface area contributed by atoms with Crippen molar-refractivity contribution in [3.8, 4) is 0 Å². The van der Waals surface area contributed by atoms with Gasteiger partial charge in [-0.3, -0.25) is 0 Å². The molecule has 1 unspecified atom stereocenters. The van der Waals surface area contributed by atoms with Crippen LogP contribution in [-0.4, -0.2) is 0 Å². The highest BCUT2D eigenvalue weighted by Crippen LogP contribution is 2.18. The molecule has 0 aliphatic rings. The van der Waals surface area contributed by atoms with E-state index in [-0.39, 0.29) is 0 Å². The molecular formula is C14H20O. The van der Waals surface area contributed by atoms with Gasteiger partial charge in [0.25, 0.3) is 0 Å². The summed E-state index contributed by atoms with van der Waals surface area (Å²) in [5.74, 6) is 0.649. The predicted octanol–water partition coefficient (Wildman–Crippen LogP) is 4.25. The lowest BCUT2D eigenvalue weighted by Crippen LogP contribution is -1.92. The van der Waals surface area contributed by atoms with Crippen LogP contribution in [0, 0.1) is 0 Å². The first-order valence-electron chi connectivity index (χ1n) is 5.59. The van der Waals surface area contributed by atoms with Crippen LogP contribution in [-0.2, 0) is 11.3 Å². The summed E-state index contributed by atoms with van der Waals surface area (Å²) in [5.41, 5.74) is 2.63. The van der Waals surface area contributed by atoms with Crippen LogP contribution < -0.4 is 0 Å².